The third-order valence-electron chi connectivity index (χ3n) is 2.54. The second-order valence-electron chi connectivity index (χ2n) is 4.15. The minimum Gasteiger partial charge on any atom is -0.490 e. The Morgan fingerprint density at radius 1 is 1.15 bits per heavy atom. The molecule has 0 fully saturated rings. The van der Waals surface area contributed by atoms with Crippen LogP contribution in [0.2, 0.25) is 0 Å². The highest BCUT2D eigenvalue weighted by Gasteiger charge is 2.10. The number of methoxy groups -OCH3 is 1. The first-order chi connectivity index (χ1) is 9.83. The number of aliphatic hydroxyl groups is 1. The number of rotatable bonds is 11. The zero-order chi connectivity index (χ0) is 14.6. The smallest absolute Gasteiger partial charge is 0.204 e. The molecule has 0 aliphatic heterocycles. The summed E-state index contributed by atoms with van der Waals surface area (Å²) < 4.78 is 10.5. The number of aromatic nitrogens is 2. The lowest BCUT2D eigenvalue weighted by Crippen LogP contribution is -2.11. The van der Waals surface area contributed by atoms with Gasteiger partial charge in [-0.25, -0.2) is 9.97 Å². The lowest BCUT2D eigenvalue weighted by molar-refractivity contribution is 0.0922. The molecule has 1 aromatic rings. The Labute approximate surface area is 119 Å². The van der Waals surface area contributed by atoms with E-state index in [-0.39, 0.29) is 6.61 Å². The SMILES string of the molecule is CCCNc1ncnc(NCCCOCCO)c1OC. The molecule has 3 N–H and O–H groups in total. The zero-order valence-corrected chi connectivity index (χ0v) is 12.2. The van der Waals surface area contributed by atoms with Gasteiger partial charge in [0.2, 0.25) is 5.75 Å². The third kappa shape index (κ3) is 5.58. The molecule has 1 heterocycles. The van der Waals surface area contributed by atoms with Gasteiger partial charge in [-0.2, -0.15) is 0 Å². The van der Waals surface area contributed by atoms with Gasteiger partial charge in [0.05, 0.1) is 20.3 Å². The first-order valence-corrected chi connectivity index (χ1v) is 6.88. The predicted octanol–water partition coefficient (Wildman–Crippen LogP) is 1.12. The van der Waals surface area contributed by atoms with E-state index in [0.29, 0.717) is 37.1 Å². The number of aliphatic hydroxyl groups excluding tert-OH is 1. The summed E-state index contributed by atoms with van der Waals surface area (Å²) >= 11 is 0. The van der Waals surface area contributed by atoms with E-state index in [1.807, 2.05) is 0 Å². The van der Waals surface area contributed by atoms with Gasteiger partial charge in [0, 0.05) is 19.7 Å². The Bertz CT molecular complexity index is 377. The molecular weight excluding hydrogens is 260 g/mol. The molecule has 0 saturated heterocycles. The van der Waals surface area contributed by atoms with Crippen molar-refractivity contribution in [3.63, 3.8) is 0 Å². The minimum atomic E-state index is 0.0552. The van der Waals surface area contributed by atoms with Crippen molar-refractivity contribution in [2.24, 2.45) is 0 Å². The van der Waals surface area contributed by atoms with Crippen LogP contribution in [0.4, 0.5) is 11.6 Å². The predicted molar refractivity (Wildman–Crippen MR) is 78.4 cm³/mol. The van der Waals surface area contributed by atoms with Crippen molar-refractivity contribution in [2.45, 2.75) is 19.8 Å². The fraction of sp³-hybridized carbons (Fsp3) is 0.692. The topological polar surface area (TPSA) is 88.5 Å². The summed E-state index contributed by atoms with van der Waals surface area (Å²) in [5, 5.41) is 15.0. The summed E-state index contributed by atoms with van der Waals surface area (Å²) in [4.78, 5) is 8.36. The molecule has 0 spiro atoms. The van der Waals surface area contributed by atoms with Gasteiger partial charge in [0.1, 0.15) is 6.33 Å². The van der Waals surface area contributed by atoms with Crippen LogP contribution < -0.4 is 15.4 Å². The quantitative estimate of drug-likeness (QED) is 0.525. The van der Waals surface area contributed by atoms with Crippen molar-refractivity contribution >= 4 is 11.6 Å². The Morgan fingerprint density at radius 2 is 1.85 bits per heavy atom. The summed E-state index contributed by atoms with van der Waals surface area (Å²) in [7, 11) is 1.60. The molecule has 0 aromatic carbocycles. The summed E-state index contributed by atoms with van der Waals surface area (Å²) in [6.07, 6.45) is 3.34. The summed E-state index contributed by atoms with van der Waals surface area (Å²) in [6.45, 7) is 4.67. The van der Waals surface area contributed by atoms with Crippen LogP contribution >= 0.6 is 0 Å². The van der Waals surface area contributed by atoms with Crippen molar-refractivity contribution in [3.8, 4) is 5.75 Å². The lowest BCUT2D eigenvalue weighted by atomic mass is 10.4. The molecule has 0 saturated carbocycles. The monoisotopic (exact) mass is 284 g/mol. The molecule has 7 heteroatoms. The van der Waals surface area contributed by atoms with Crippen molar-refractivity contribution in [2.75, 3.05) is 50.7 Å². The second-order valence-corrected chi connectivity index (χ2v) is 4.15. The number of anilines is 2. The van der Waals surface area contributed by atoms with Gasteiger partial charge in [-0.05, 0) is 12.8 Å². The van der Waals surface area contributed by atoms with Crippen LogP contribution in [0.5, 0.6) is 5.75 Å². The maximum Gasteiger partial charge on any atom is 0.204 e. The van der Waals surface area contributed by atoms with Crippen LogP contribution in [-0.2, 0) is 4.74 Å². The second kappa shape index (κ2) is 10.2. The zero-order valence-electron chi connectivity index (χ0n) is 12.2. The fourth-order valence-electron chi connectivity index (χ4n) is 1.61. The van der Waals surface area contributed by atoms with Crippen LogP contribution in [0.1, 0.15) is 19.8 Å². The molecule has 1 rings (SSSR count). The maximum absolute atomic E-state index is 8.59. The molecule has 0 aliphatic carbocycles. The van der Waals surface area contributed by atoms with Gasteiger partial charge in [0.15, 0.2) is 11.6 Å². The standard InChI is InChI=1S/C13H24N4O3/c1-3-5-14-12-11(19-2)13(17-10-16-12)15-6-4-8-20-9-7-18/h10,18H,3-9H2,1-2H3,(H2,14,15,16,17). The molecule has 0 amide bonds. The van der Waals surface area contributed by atoms with Crippen molar-refractivity contribution < 1.29 is 14.6 Å². The molecule has 20 heavy (non-hydrogen) atoms. The molecule has 0 aliphatic rings. The Morgan fingerprint density at radius 3 is 2.45 bits per heavy atom. The number of nitrogens with zero attached hydrogens (tertiary/aromatic N) is 2. The normalized spacial score (nSPS) is 10.3. The van der Waals surface area contributed by atoms with Crippen molar-refractivity contribution in [1.29, 1.82) is 0 Å². The first-order valence-electron chi connectivity index (χ1n) is 6.88. The average molecular weight is 284 g/mol. The molecule has 0 bridgehead atoms. The molecule has 7 nitrogen and oxygen atoms in total. The first kappa shape index (κ1) is 16.5. The number of ether oxygens (including phenoxy) is 2. The lowest BCUT2D eigenvalue weighted by Gasteiger charge is -2.13. The Balaban J connectivity index is 2.47. The van der Waals surface area contributed by atoms with Crippen LogP contribution in [0, 0.1) is 0 Å². The number of hydrogen-bond acceptors (Lipinski definition) is 7. The van der Waals surface area contributed by atoms with Gasteiger partial charge in [-0.3, -0.25) is 0 Å². The molecule has 1 aromatic heterocycles. The summed E-state index contributed by atoms with van der Waals surface area (Å²) in [5.41, 5.74) is 0. The minimum absolute atomic E-state index is 0.0552. The molecule has 0 atom stereocenters. The third-order valence-corrected chi connectivity index (χ3v) is 2.54. The highest BCUT2D eigenvalue weighted by Crippen LogP contribution is 2.28. The van der Waals surface area contributed by atoms with Crippen LogP contribution in [0.3, 0.4) is 0 Å². The van der Waals surface area contributed by atoms with Gasteiger partial charge < -0.3 is 25.2 Å². The molecular formula is C13H24N4O3. The van der Waals surface area contributed by atoms with Crippen molar-refractivity contribution in [3.05, 3.63) is 6.33 Å². The largest absolute Gasteiger partial charge is 0.490 e. The van der Waals surface area contributed by atoms with E-state index in [9.17, 15) is 0 Å². The van der Waals surface area contributed by atoms with Gasteiger partial charge in [0.25, 0.3) is 0 Å². The van der Waals surface area contributed by atoms with E-state index in [0.717, 1.165) is 19.4 Å². The van der Waals surface area contributed by atoms with Crippen LogP contribution in [0.15, 0.2) is 6.33 Å². The van der Waals surface area contributed by atoms with Crippen LogP contribution in [0.25, 0.3) is 0 Å². The van der Waals surface area contributed by atoms with E-state index < -0.39 is 0 Å². The van der Waals surface area contributed by atoms with Crippen LogP contribution in [-0.4, -0.2) is 55.1 Å². The molecule has 114 valence electrons. The molecule has 0 radical (unpaired) electrons. The highest BCUT2D eigenvalue weighted by molar-refractivity contribution is 5.63. The molecule has 0 unspecified atom stereocenters. The van der Waals surface area contributed by atoms with E-state index in [1.165, 1.54) is 6.33 Å². The van der Waals surface area contributed by atoms with Gasteiger partial charge in [-0.15, -0.1) is 0 Å². The van der Waals surface area contributed by atoms with Gasteiger partial charge in [-0.1, -0.05) is 6.92 Å². The average Bonchev–Trinajstić information content (AvgIpc) is 2.48. The summed E-state index contributed by atoms with van der Waals surface area (Å²) in [5.74, 6) is 1.99. The van der Waals surface area contributed by atoms with E-state index in [4.69, 9.17) is 14.6 Å². The summed E-state index contributed by atoms with van der Waals surface area (Å²) in [6, 6.07) is 0. The highest BCUT2D eigenvalue weighted by atomic mass is 16.5. The van der Waals surface area contributed by atoms with E-state index in [1.54, 1.807) is 7.11 Å². The Kier molecular flexibility index (Phi) is 8.41. The fourth-order valence-corrected chi connectivity index (χ4v) is 1.61. The number of nitrogens with one attached hydrogen (secondary N) is 2. The Hall–Kier alpha value is -1.60. The van der Waals surface area contributed by atoms with E-state index >= 15 is 0 Å². The maximum atomic E-state index is 8.59. The van der Waals surface area contributed by atoms with E-state index in [2.05, 4.69) is 27.5 Å². The van der Waals surface area contributed by atoms with Gasteiger partial charge >= 0.3 is 0 Å². The van der Waals surface area contributed by atoms with Crippen molar-refractivity contribution in [1.82, 2.24) is 9.97 Å². The number of hydrogen-bond donors (Lipinski definition) is 3.